The first-order chi connectivity index (χ1) is 25.6. The Kier molecular flexibility index (Phi) is 14.3. The second kappa shape index (κ2) is 19.7. The topological polar surface area (TPSA) is 90.9 Å². The van der Waals surface area contributed by atoms with Gasteiger partial charge in [-0.1, -0.05) is 152 Å². The molecule has 1 fully saturated rings. The molecule has 5 atom stereocenters. The second-order valence-corrected chi connectivity index (χ2v) is 14.0. The van der Waals surface area contributed by atoms with Crippen molar-refractivity contribution in [3.05, 3.63) is 179 Å². The first kappa shape index (κ1) is 37.8. The van der Waals surface area contributed by atoms with Gasteiger partial charge in [0.2, 0.25) is 0 Å². The van der Waals surface area contributed by atoms with E-state index < -0.39 is 38.5 Å². The molecule has 0 amide bonds. The van der Waals surface area contributed by atoms with E-state index in [2.05, 4.69) is 0 Å². The zero-order chi connectivity index (χ0) is 35.9. The molecule has 1 aliphatic heterocycles. The van der Waals surface area contributed by atoms with Crippen LogP contribution < -0.4 is 0 Å². The van der Waals surface area contributed by atoms with Crippen molar-refractivity contribution in [2.45, 2.75) is 63.7 Å². The summed E-state index contributed by atoms with van der Waals surface area (Å²) in [6, 6.07) is 48.3. The van der Waals surface area contributed by atoms with Crippen molar-refractivity contribution in [1.29, 1.82) is 0 Å². The predicted octanol–water partition coefficient (Wildman–Crippen LogP) is 8.67. The monoisotopic (exact) mass is 724 g/mol. The Hall–Kier alpha value is -3.99. The lowest BCUT2D eigenvalue weighted by Gasteiger charge is -2.46. The van der Waals surface area contributed by atoms with Crippen molar-refractivity contribution in [3.8, 4) is 0 Å². The summed E-state index contributed by atoms with van der Waals surface area (Å²) in [5.74, 6) is 0. The Morgan fingerprint density at radius 1 is 0.481 bits per heavy atom. The third kappa shape index (κ3) is 11.3. The third-order valence-electron chi connectivity index (χ3n) is 8.48. The fourth-order valence-electron chi connectivity index (χ4n) is 5.81. The fraction of sp³-hybridized carbons (Fsp3) is 0.286. The molecule has 1 heterocycles. The molecule has 0 aromatic heterocycles. The number of ether oxygens (including phenoxy) is 5. The highest BCUT2D eigenvalue weighted by atomic mass is 31.2. The highest BCUT2D eigenvalue weighted by molar-refractivity contribution is 7.48. The van der Waals surface area contributed by atoms with Crippen LogP contribution in [0.3, 0.4) is 0 Å². The summed E-state index contributed by atoms with van der Waals surface area (Å²) in [6.45, 7) is 0.828. The maximum absolute atomic E-state index is 14.7. The van der Waals surface area contributed by atoms with Crippen LogP contribution in [0.15, 0.2) is 152 Å². The van der Waals surface area contributed by atoms with Gasteiger partial charge in [0.1, 0.15) is 24.4 Å². The van der Waals surface area contributed by atoms with E-state index >= 15 is 0 Å². The molecule has 0 unspecified atom stereocenters. The molecule has 0 saturated carbocycles. The Morgan fingerprint density at radius 2 is 0.827 bits per heavy atom. The van der Waals surface area contributed by atoms with E-state index in [4.69, 9.17) is 37.3 Å². The Bertz CT molecular complexity index is 1720. The number of methoxy groups -OCH3 is 1. The highest BCUT2D eigenvalue weighted by Crippen LogP contribution is 2.53. The molecule has 0 N–H and O–H groups in total. The molecule has 5 aromatic rings. The molecule has 9 nitrogen and oxygen atoms in total. The summed E-state index contributed by atoms with van der Waals surface area (Å²) in [7, 11) is -2.74. The van der Waals surface area contributed by atoms with Gasteiger partial charge in [0.25, 0.3) is 0 Å². The molecule has 1 saturated heterocycles. The Labute approximate surface area is 305 Å². The predicted molar refractivity (Wildman–Crippen MR) is 197 cm³/mol. The minimum absolute atomic E-state index is 0.0204. The molecule has 6 rings (SSSR count). The molecular formula is C42H45O9P. The summed E-state index contributed by atoms with van der Waals surface area (Å²) < 4.78 is 65.3. The van der Waals surface area contributed by atoms with Gasteiger partial charge in [-0.2, -0.15) is 0 Å². The number of rotatable bonds is 19. The first-order valence-corrected chi connectivity index (χ1v) is 18.8. The van der Waals surface area contributed by atoms with Crippen LogP contribution in [-0.4, -0.2) is 44.4 Å². The van der Waals surface area contributed by atoms with Crippen molar-refractivity contribution in [2.24, 2.45) is 0 Å². The number of phosphoric acid groups is 1. The van der Waals surface area contributed by atoms with E-state index in [9.17, 15) is 4.57 Å². The average Bonchev–Trinajstić information content (AvgIpc) is 3.20. The number of hydrogen-bond donors (Lipinski definition) is 0. The average molecular weight is 725 g/mol. The molecule has 0 spiro atoms. The SMILES string of the molecule is COC[C@H]1O[C@@H](OP(=O)(OCc2ccccc2)OCc2ccccc2)[C@H](OCc2ccccc2)[C@@H](OCc2ccccc2)[C@@H]1OCc1ccccc1. The van der Waals surface area contributed by atoms with E-state index in [1.54, 1.807) is 7.11 Å². The van der Waals surface area contributed by atoms with Gasteiger partial charge in [-0.25, -0.2) is 4.57 Å². The zero-order valence-electron chi connectivity index (χ0n) is 29.2. The van der Waals surface area contributed by atoms with E-state index in [-0.39, 0.29) is 39.6 Å². The fourth-order valence-corrected chi connectivity index (χ4v) is 7.04. The largest absolute Gasteiger partial charge is 0.477 e. The quantitative estimate of drug-likeness (QED) is 0.0777. The minimum Gasteiger partial charge on any atom is -0.382 e. The molecule has 0 bridgehead atoms. The highest BCUT2D eigenvalue weighted by Gasteiger charge is 2.51. The van der Waals surface area contributed by atoms with E-state index in [0.29, 0.717) is 0 Å². The zero-order valence-corrected chi connectivity index (χ0v) is 30.1. The number of hydrogen-bond acceptors (Lipinski definition) is 9. The molecule has 0 radical (unpaired) electrons. The normalized spacial score (nSPS) is 20.4. The summed E-state index contributed by atoms with van der Waals surface area (Å²) in [5.41, 5.74) is 4.46. The van der Waals surface area contributed by atoms with Gasteiger partial charge in [-0.05, 0) is 27.8 Å². The lowest BCUT2D eigenvalue weighted by atomic mass is 9.98. The van der Waals surface area contributed by atoms with Crippen molar-refractivity contribution >= 4 is 7.82 Å². The third-order valence-corrected chi connectivity index (χ3v) is 9.83. The Morgan fingerprint density at radius 3 is 1.21 bits per heavy atom. The summed E-state index contributed by atoms with van der Waals surface area (Å²) in [4.78, 5) is 0. The summed E-state index contributed by atoms with van der Waals surface area (Å²) in [5, 5.41) is 0. The number of phosphoric ester groups is 1. The molecule has 272 valence electrons. The van der Waals surface area contributed by atoms with Crippen LogP contribution in [0.5, 0.6) is 0 Å². The minimum atomic E-state index is -4.33. The maximum Gasteiger partial charge on any atom is 0.477 e. The van der Waals surface area contributed by atoms with Crippen molar-refractivity contribution in [1.82, 2.24) is 0 Å². The van der Waals surface area contributed by atoms with Gasteiger partial charge in [0.05, 0.1) is 39.6 Å². The van der Waals surface area contributed by atoms with Gasteiger partial charge < -0.3 is 23.7 Å². The molecule has 10 heteroatoms. The van der Waals surface area contributed by atoms with E-state index in [1.165, 1.54) is 0 Å². The smallest absolute Gasteiger partial charge is 0.382 e. The maximum atomic E-state index is 14.7. The first-order valence-electron chi connectivity index (χ1n) is 17.3. The van der Waals surface area contributed by atoms with Crippen molar-refractivity contribution in [3.63, 3.8) is 0 Å². The van der Waals surface area contributed by atoms with Crippen LogP contribution in [0, 0.1) is 0 Å². The van der Waals surface area contributed by atoms with Crippen molar-refractivity contribution < 1.29 is 41.8 Å². The van der Waals surface area contributed by atoms with Crippen LogP contribution in [0.1, 0.15) is 27.8 Å². The van der Waals surface area contributed by atoms with Gasteiger partial charge in [0, 0.05) is 7.11 Å². The van der Waals surface area contributed by atoms with Gasteiger partial charge in [-0.3, -0.25) is 13.6 Å². The van der Waals surface area contributed by atoms with Crippen molar-refractivity contribution in [2.75, 3.05) is 13.7 Å². The summed E-state index contributed by atoms with van der Waals surface area (Å²) >= 11 is 0. The van der Waals surface area contributed by atoms with Crippen LogP contribution in [0.25, 0.3) is 0 Å². The van der Waals surface area contributed by atoms with Gasteiger partial charge >= 0.3 is 7.82 Å². The molecular weight excluding hydrogens is 679 g/mol. The Balaban J connectivity index is 1.33. The standard InChI is InChI=1S/C42H45O9P/c1-44-32-38-39(45-27-33-17-7-2-8-18-33)40(46-28-34-19-9-3-10-20-34)41(47-29-35-21-11-4-12-22-35)42(50-38)51-52(43,48-30-36-23-13-5-14-24-36)49-31-37-25-15-6-16-26-37/h2-26,38-42H,27-32H2,1H3/t38-,39-,40+,41-,42+/m1/s1. The van der Waals surface area contributed by atoms with E-state index in [0.717, 1.165) is 27.8 Å². The van der Waals surface area contributed by atoms with Gasteiger partial charge in [0.15, 0.2) is 6.29 Å². The van der Waals surface area contributed by atoms with Crippen LogP contribution >= 0.6 is 7.82 Å². The molecule has 0 aliphatic carbocycles. The number of benzene rings is 5. The van der Waals surface area contributed by atoms with Gasteiger partial charge in [-0.15, -0.1) is 0 Å². The summed E-state index contributed by atoms with van der Waals surface area (Å²) in [6.07, 6.45) is -4.33. The van der Waals surface area contributed by atoms with Crippen LogP contribution in [0.4, 0.5) is 0 Å². The molecule has 5 aromatic carbocycles. The lowest BCUT2D eigenvalue weighted by molar-refractivity contribution is -0.312. The lowest BCUT2D eigenvalue weighted by Crippen LogP contribution is -2.61. The molecule has 52 heavy (non-hydrogen) atoms. The van der Waals surface area contributed by atoms with E-state index in [1.807, 2.05) is 152 Å². The van der Waals surface area contributed by atoms with Crippen LogP contribution in [-0.2, 0) is 74.9 Å². The second-order valence-electron chi connectivity index (χ2n) is 12.4. The molecule has 1 aliphatic rings. The van der Waals surface area contributed by atoms with Crippen LogP contribution in [0.2, 0.25) is 0 Å².